The minimum atomic E-state index is -4.08. The number of anilines is 1. The molecule has 1 fully saturated rings. The van der Waals surface area contributed by atoms with Gasteiger partial charge in [-0.3, -0.25) is 14.9 Å². The number of nitro benzene ring substituents is 1. The van der Waals surface area contributed by atoms with E-state index in [-0.39, 0.29) is 18.9 Å². The van der Waals surface area contributed by atoms with E-state index in [4.69, 9.17) is 0 Å². The number of rotatable bonds is 5. The van der Waals surface area contributed by atoms with Crippen molar-refractivity contribution >= 4 is 27.3 Å². The van der Waals surface area contributed by atoms with Gasteiger partial charge in [0.1, 0.15) is 0 Å². The van der Waals surface area contributed by atoms with Crippen molar-refractivity contribution in [2.24, 2.45) is 0 Å². The summed E-state index contributed by atoms with van der Waals surface area (Å²) in [5.41, 5.74) is -0.0926. The number of nitrogens with zero attached hydrogens (tertiary/aromatic N) is 1. The van der Waals surface area contributed by atoms with Crippen LogP contribution in [0.1, 0.15) is 6.42 Å². The second-order valence-corrected chi connectivity index (χ2v) is 6.20. The van der Waals surface area contributed by atoms with Gasteiger partial charge in [-0.25, -0.2) is 13.1 Å². The first-order valence-electron chi connectivity index (χ1n) is 6.08. The van der Waals surface area contributed by atoms with E-state index in [9.17, 15) is 23.3 Å². The lowest BCUT2D eigenvalue weighted by molar-refractivity contribution is -0.387. The molecular weight excluding hydrogens is 300 g/mol. The van der Waals surface area contributed by atoms with Gasteiger partial charge in [-0.05, 0) is 12.1 Å². The van der Waals surface area contributed by atoms with E-state index in [0.717, 1.165) is 12.1 Å². The zero-order valence-corrected chi connectivity index (χ0v) is 11.9. The van der Waals surface area contributed by atoms with Crippen LogP contribution < -0.4 is 15.4 Å². The molecule has 1 atom stereocenters. The summed E-state index contributed by atoms with van der Waals surface area (Å²) in [5, 5.41) is 16.2. The van der Waals surface area contributed by atoms with Gasteiger partial charge in [0, 0.05) is 37.8 Å². The molecule has 1 saturated heterocycles. The van der Waals surface area contributed by atoms with Crippen molar-refractivity contribution in [1.82, 2.24) is 10.0 Å². The van der Waals surface area contributed by atoms with Gasteiger partial charge >= 0.3 is 0 Å². The van der Waals surface area contributed by atoms with Gasteiger partial charge in [-0.1, -0.05) is 0 Å². The van der Waals surface area contributed by atoms with Gasteiger partial charge in [0.15, 0.2) is 4.90 Å². The molecule has 114 valence electrons. The van der Waals surface area contributed by atoms with Crippen LogP contribution in [0.4, 0.5) is 11.4 Å². The normalized spacial score (nSPS) is 18.3. The first kappa shape index (κ1) is 15.2. The van der Waals surface area contributed by atoms with E-state index in [1.807, 2.05) is 0 Å². The Labute approximate surface area is 120 Å². The third-order valence-electron chi connectivity index (χ3n) is 3.03. The lowest BCUT2D eigenvalue weighted by atomic mass is 10.3. The van der Waals surface area contributed by atoms with Crippen molar-refractivity contribution in [3.05, 3.63) is 28.3 Å². The van der Waals surface area contributed by atoms with Crippen LogP contribution in [0.15, 0.2) is 23.1 Å². The zero-order chi connectivity index (χ0) is 15.6. The molecule has 1 aliphatic rings. The SMILES string of the molecule is CNc1ccc(S(=O)(=O)NC2CNC(=O)C2)c([N+](=O)[O-])c1. The van der Waals surface area contributed by atoms with Crippen LogP contribution in [0, 0.1) is 10.1 Å². The number of amides is 1. The fraction of sp³-hybridized carbons (Fsp3) is 0.364. The Balaban J connectivity index is 2.35. The van der Waals surface area contributed by atoms with Gasteiger partial charge in [0.05, 0.1) is 4.92 Å². The van der Waals surface area contributed by atoms with Crippen molar-refractivity contribution in [2.45, 2.75) is 17.4 Å². The second kappa shape index (κ2) is 5.66. The summed E-state index contributed by atoms with van der Waals surface area (Å²) in [6.07, 6.45) is 0.0155. The summed E-state index contributed by atoms with van der Waals surface area (Å²) in [5.74, 6) is -0.261. The van der Waals surface area contributed by atoms with Crippen molar-refractivity contribution in [3.63, 3.8) is 0 Å². The Morgan fingerprint density at radius 2 is 2.14 bits per heavy atom. The van der Waals surface area contributed by atoms with Crippen LogP contribution in [0.25, 0.3) is 0 Å². The van der Waals surface area contributed by atoms with Crippen LogP contribution in [0.3, 0.4) is 0 Å². The van der Waals surface area contributed by atoms with Gasteiger partial charge in [-0.15, -0.1) is 0 Å². The lowest BCUT2D eigenvalue weighted by Gasteiger charge is -2.12. The van der Waals surface area contributed by atoms with E-state index >= 15 is 0 Å². The molecule has 0 radical (unpaired) electrons. The Morgan fingerprint density at radius 1 is 1.43 bits per heavy atom. The third-order valence-corrected chi connectivity index (χ3v) is 4.60. The molecule has 3 N–H and O–H groups in total. The molecule has 0 bridgehead atoms. The van der Waals surface area contributed by atoms with Gasteiger partial charge in [0.25, 0.3) is 5.69 Å². The number of benzene rings is 1. The summed E-state index contributed by atoms with van der Waals surface area (Å²) < 4.78 is 26.8. The van der Waals surface area contributed by atoms with Crippen LogP contribution >= 0.6 is 0 Å². The highest BCUT2D eigenvalue weighted by atomic mass is 32.2. The summed E-state index contributed by atoms with van der Waals surface area (Å²) >= 11 is 0. The minimum absolute atomic E-state index is 0.0155. The second-order valence-electron chi connectivity index (χ2n) is 4.52. The molecule has 1 aliphatic heterocycles. The zero-order valence-electron chi connectivity index (χ0n) is 11.1. The summed E-state index contributed by atoms with van der Waals surface area (Å²) in [7, 11) is -2.51. The van der Waals surface area contributed by atoms with Gasteiger partial charge in [-0.2, -0.15) is 0 Å². The Bertz CT molecular complexity index is 688. The van der Waals surface area contributed by atoms with E-state index in [1.165, 1.54) is 6.07 Å². The fourth-order valence-corrected chi connectivity index (χ4v) is 3.40. The standard InChI is InChI=1S/C11H14N4O5S/c1-12-7-2-3-10(9(4-7)15(17)18)21(19,20)14-8-5-11(16)13-6-8/h2-4,8,12,14H,5-6H2,1H3,(H,13,16). The molecule has 1 aromatic rings. The molecule has 0 saturated carbocycles. The number of nitro groups is 1. The highest BCUT2D eigenvalue weighted by Crippen LogP contribution is 2.27. The van der Waals surface area contributed by atoms with E-state index in [2.05, 4.69) is 15.4 Å². The molecule has 1 unspecified atom stereocenters. The quantitative estimate of drug-likeness (QED) is 0.510. The molecule has 1 heterocycles. The smallest absolute Gasteiger partial charge is 0.291 e. The number of carbonyl (C=O) groups is 1. The van der Waals surface area contributed by atoms with E-state index in [0.29, 0.717) is 5.69 Å². The number of hydrogen-bond acceptors (Lipinski definition) is 6. The molecule has 10 heteroatoms. The largest absolute Gasteiger partial charge is 0.388 e. The lowest BCUT2D eigenvalue weighted by Crippen LogP contribution is -2.36. The first-order valence-corrected chi connectivity index (χ1v) is 7.57. The fourth-order valence-electron chi connectivity index (χ4n) is 2.01. The van der Waals surface area contributed by atoms with Gasteiger partial charge in [0.2, 0.25) is 15.9 Å². The van der Waals surface area contributed by atoms with Crippen molar-refractivity contribution in [2.75, 3.05) is 18.9 Å². The molecule has 1 aromatic carbocycles. The number of carbonyl (C=O) groups excluding carboxylic acids is 1. The molecule has 21 heavy (non-hydrogen) atoms. The molecule has 2 rings (SSSR count). The molecule has 0 spiro atoms. The summed E-state index contributed by atoms with van der Waals surface area (Å²) in [4.78, 5) is 20.9. The van der Waals surface area contributed by atoms with Crippen LogP contribution in [-0.2, 0) is 14.8 Å². The van der Waals surface area contributed by atoms with Crippen LogP contribution in [0.2, 0.25) is 0 Å². The summed E-state index contributed by atoms with van der Waals surface area (Å²) in [6.45, 7) is 0.167. The topological polar surface area (TPSA) is 130 Å². The Morgan fingerprint density at radius 3 is 2.67 bits per heavy atom. The maximum absolute atomic E-state index is 12.2. The van der Waals surface area contributed by atoms with Crippen molar-refractivity contribution in [1.29, 1.82) is 0 Å². The number of nitrogens with one attached hydrogen (secondary N) is 3. The molecule has 9 nitrogen and oxygen atoms in total. The predicted octanol–water partition coefficient (Wildman–Crippen LogP) is -0.197. The predicted molar refractivity (Wildman–Crippen MR) is 74.4 cm³/mol. The Hall–Kier alpha value is -2.20. The van der Waals surface area contributed by atoms with Crippen molar-refractivity contribution in [3.8, 4) is 0 Å². The van der Waals surface area contributed by atoms with Crippen molar-refractivity contribution < 1.29 is 18.1 Å². The average molecular weight is 314 g/mol. The van der Waals surface area contributed by atoms with Gasteiger partial charge < -0.3 is 10.6 Å². The highest BCUT2D eigenvalue weighted by molar-refractivity contribution is 7.89. The molecule has 0 aliphatic carbocycles. The van der Waals surface area contributed by atoms with E-state index in [1.54, 1.807) is 7.05 Å². The molecule has 1 amide bonds. The number of hydrogen-bond donors (Lipinski definition) is 3. The molecule has 0 aromatic heterocycles. The monoisotopic (exact) mass is 314 g/mol. The van der Waals surface area contributed by atoms with E-state index < -0.39 is 31.6 Å². The van der Waals surface area contributed by atoms with Crippen LogP contribution in [-0.4, -0.2) is 38.9 Å². The maximum atomic E-state index is 12.2. The first-order chi connectivity index (χ1) is 9.83. The third kappa shape index (κ3) is 3.28. The summed E-state index contributed by atoms with van der Waals surface area (Å²) in [6, 6.07) is 3.13. The maximum Gasteiger partial charge on any atom is 0.291 e. The Kier molecular flexibility index (Phi) is 4.09. The minimum Gasteiger partial charge on any atom is -0.388 e. The number of sulfonamides is 1. The molecular formula is C11H14N4O5S. The highest BCUT2D eigenvalue weighted by Gasteiger charge is 2.31. The average Bonchev–Trinajstić information content (AvgIpc) is 2.82. The van der Waals surface area contributed by atoms with Crippen LogP contribution in [0.5, 0.6) is 0 Å².